The van der Waals surface area contributed by atoms with E-state index in [0.29, 0.717) is 22.5 Å². The number of carbonyl (C=O) groups is 2. The Hall–Kier alpha value is -4.00. The molecule has 4 aromatic rings. The molecule has 0 aliphatic rings. The number of aromatic nitrogens is 2. The zero-order chi connectivity index (χ0) is 23.5. The van der Waals surface area contributed by atoms with Gasteiger partial charge in [-0.05, 0) is 61.4 Å². The van der Waals surface area contributed by atoms with Crippen LogP contribution in [0.1, 0.15) is 24.2 Å². The number of carbonyl (C=O) groups excluding carboxylic acids is 2. The van der Waals surface area contributed by atoms with Gasteiger partial charge in [0.25, 0.3) is 0 Å². The highest BCUT2D eigenvalue weighted by molar-refractivity contribution is 5.88. The maximum atomic E-state index is 14.0. The predicted molar refractivity (Wildman–Crippen MR) is 126 cm³/mol. The number of rotatable bonds is 7. The lowest BCUT2D eigenvalue weighted by Gasteiger charge is -2.13. The van der Waals surface area contributed by atoms with Gasteiger partial charge in [-0.15, -0.1) is 0 Å². The summed E-state index contributed by atoms with van der Waals surface area (Å²) in [4.78, 5) is 28.6. The number of nitrogens with zero attached hydrogens (tertiary/aromatic N) is 2. The maximum absolute atomic E-state index is 14.0. The Labute approximate surface area is 191 Å². The number of halogens is 1. The predicted octanol–water partition coefficient (Wildman–Crippen LogP) is 4.86. The molecule has 3 aromatic carbocycles. The fourth-order valence-electron chi connectivity index (χ4n) is 3.78. The molecule has 6 nitrogen and oxygen atoms in total. The van der Waals surface area contributed by atoms with Gasteiger partial charge in [-0.25, -0.2) is 9.37 Å². The number of nitrogens with one attached hydrogen (secondary N) is 1. The molecular weight excluding hydrogens is 421 g/mol. The second-order valence-electron chi connectivity index (χ2n) is 8.04. The summed E-state index contributed by atoms with van der Waals surface area (Å²) in [6, 6.07) is 17.5. The molecule has 0 bridgehead atoms. The van der Waals surface area contributed by atoms with Crippen molar-refractivity contribution in [1.29, 1.82) is 0 Å². The minimum absolute atomic E-state index is 0.0108. The maximum Gasteiger partial charge on any atom is 0.240 e. The molecule has 168 valence electrons. The summed E-state index contributed by atoms with van der Waals surface area (Å²) in [5.74, 6) is -0.00288. The molecule has 1 aromatic heterocycles. The van der Waals surface area contributed by atoms with Crippen LogP contribution in [0.3, 0.4) is 0 Å². The minimum Gasteiger partial charge on any atom is -0.494 e. The average molecular weight is 445 g/mol. The molecule has 4 rings (SSSR count). The van der Waals surface area contributed by atoms with Crippen LogP contribution < -0.4 is 10.1 Å². The number of imidazole rings is 1. The minimum atomic E-state index is -0.473. The Morgan fingerprint density at radius 1 is 1.09 bits per heavy atom. The van der Waals surface area contributed by atoms with Crippen molar-refractivity contribution in [2.24, 2.45) is 0 Å². The molecule has 1 N–H and O–H groups in total. The van der Waals surface area contributed by atoms with E-state index in [9.17, 15) is 14.0 Å². The second kappa shape index (κ2) is 9.24. The molecule has 0 spiro atoms. The zero-order valence-electron chi connectivity index (χ0n) is 18.6. The summed E-state index contributed by atoms with van der Waals surface area (Å²) in [7, 11) is 1.40. The number of hydrogen-bond donors (Lipinski definition) is 1. The normalized spacial score (nSPS) is 11.1. The largest absolute Gasteiger partial charge is 0.494 e. The third-order valence-electron chi connectivity index (χ3n) is 5.26. The lowest BCUT2D eigenvalue weighted by atomic mass is 10.0. The van der Waals surface area contributed by atoms with Crippen molar-refractivity contribution in [1.82, 2.24) is 14.9 Å². The number of aldehydes is 1. The SMILES string of the molecule is COc1cc(-c2nc3ccc(-c4cccc(C=O)c4)cc3n2CC(=O)NC(C)C)ccc1F. The van der Waals surface area contributed by atoms with Gasteiger partial charge in [-0.1, -0.05) is 24.3 Å². The number of methoxy groups -OCH3 is 1. The molecule has 0 unspecified atom stereocenters. The van der Waals surface area contributed by atoms with E-state index in [4.69, 9.17) is 9.72 Å². The highest BCUT2D eigenvalue weighted by Crippen LogP contribution is 2.31. The molecule has 0 saturated heterocycles. The van der Waals surface area contributed by atoms with Gasteiger partial charge >= 0.3 is 0 Å². The summed E-state index contributed by atoms with van der Waals surface area (Å²) < 4.78 is 21.0. The lowest BCUT2D eigenvalue weighted by molar-refractivity contribution is -0.122. The Balaban J connectivity index is 1.88. The summed E-state index contributed by atoms with van der Waals surface area (Å²) in [6.45, 7) is 3.84. The van der Waals surface area contributed by atoms with Crippen molar-refractivity contribution in [3.63, 3.8) is 0 Å². The van der Waals surface area contributed by atoms with E-state index in [1.165, 1.54) is 13.2 Å². The molecule has 0 atom stereocenters. The van der Waals surface area contributed by atoms with Gasteiger partial charge in [0.15, 0.2) is 11.6 Å². The third kappa shape index (κ3) is 4.62. The van der Waals surface area contributed by atoms with E-state index < -0.39 is 5.82 Å². The van der Waals surface area contributed by atoms with Gasteiger partial charge in [0.05, 0.1) is 18.1 Å². The van der Waals surface area contributed by atoms with Crippen molar-refractivity contribution < 1.29 is 18.7 Å². The molecule has 0 fully saturated rings. The van der Waals surface area contributed by atoms with Crippen LogP contribution in [-0.4, -0.2) is 34.9 Å². The molecule has 7 heteroatoms. The highest BCUT2D eigenvalue weighted by Gasteiger charge is 2.18. The second-order valence-corrected chi connectivity index (χ2v) is 8.04. The quantitative estimate of drug-likeness (QED) is 0.413. The Kier molecular flexibility index (Phi) is 6.22. The topological polar surface area (TPSA) is 73.2 Å². The first-order valence-corrected chi connectivity index (χ1v) is 10.6. The van der Waals surface area contributed by atoms with Crippen LogP contribution in [0.15, 0.2) is 60.7 Å². The van der Waals surface area contributed by atoms with Crippen LogP contribution in [0, 0.1) is 5.82 Å². The van der Waals surface area contributed by atoms with Crippen LogP contribution in [0.2, 0.25) is 0 Å². The van der Waals surface area contributed by atoms with Crippen LogP contribution in [0.25, 0.3) is 33.5 Å². The van der Waals surface area contributed by atoms with Crippen molar-refractivity contribution in [2.45, 2.75) is 26.4 Å². The molecular formula is C26H24FN3O3. The van der Waals surface area contributed by atoms with Crippen LogP contribution in [0.5, 0.6) is 5.75 Å². The molecule has 1 heterocycles. The highest BCUT2D eigenvalue weighted by atomic mass is 19.1. The van der Waals surface area contributed by atoms with Crippen LogP contribution >= 0.6 is 0 Å². The van der Waals surface area contributed by atoms with E-state index in [2.05, 4.69) is 5.32 Å². The summed E-state index contributed by atoms with van der Waals surface area (Å²) in [5, 5.41) is 2.91. The van der Waals surface area contributed by atoms with E-state index in [1.54, 1.807) is 18.2 Å². The van der Waals surface area contributed by atoms with Gasteiger partial charge in [-0.3, -0.25) is 9.59 Å². The molecule has 0 aliphatic carbocycles. The van der Waals surface area contributed by atoms with E-state index in [1.807, 2.05) is 54.8 Å². The average Bonchev–Trinajstić information content (AvgIpc) is 3.16. The summed E-state index contributed by atoms with van der Waals surface area (Å²) in [6.07, 6.45) is 0.808. The van der Waals surface area contributed by atoms with Crippen molar-refractivity contribution >= 4 is 23.2 Å². The Morgan fingerprint density at radius 3 is 2.58 bits per heavy atom. The van der Waals surface area contributed by atoms with Crippen LogP contribution in [-0.2, 0) is 11.3 Å². The Bertz CT molecular complexity index is 1340. The zero-order valence-corrected chi connectivity index (χ0v) is 18.6. The van der Waals surface area contributed by atoms with Gasteiger partial charge in [-0.2, -0.15) is 0 Å². The number of benzene rings is 3. The smallest absolute Gasteiger partial charge is 0.240 e. The van der Waals surface area contributed by atoms with Crippen molar-refractivity contribution in [3.05, 3.63) is 72.0 Å². The number of amides is 1. The standard InChI is InChI=1S/C26H24FN3O3/c1-16(2)28-25(32)14-30-23-12-19(18-6-4-5-17(11-18)15-31)8-10-22(23)29-26(30)20-7-9-21(27)24(13-20)33-3/h4-13,15-16H,14H2,1-3H3,(H,28,32). The monoisotopic (exact) mass is 445 g/mol. The fourth-order valence-corrected chi connectivity index (χ4v) is 3.78. The number of fused-ring (bicyclic) bond motifs is 1. The first kappa shape index (κ1) is 22.2. The van der Waals surface area contributed by atoms with Crippen LogP contribution in [0.4, 0.5) is 4.39 Å². The lowest BCUT2D eigenvalue weighted by Crippen LogP contribution is -2.33. The molecule has 0 saturated carbocycles. The summed E-state index contributed by atoms with van der Waals surface area (Å²) >= 11 is 0. The summed E-state index contributed by atoms with van der Waals surface area (Å²) in [5.41, 5.74) is 4.43. The Morgan fingerprint density at radius 2 is 1.85 bits per heavy atom. The van der Waals surface area contributed by atoms with Crippen molar-refractivity contribution in [2.75, 3.05) is 7.11 Å². The van der Waals surface area contributed by atoms with E-state index in [-0.39, 0.29) is 24.2 Å². The fraction of sp³-hybridized carbons (Fsp3) is 0.192. The van der Waals surface area contributed by atoms with Gasteiger partial charge in [0, 0.05) is 17.2 Å². The van der Waals surface area contributed by atoms with Gasteiger partial charge in [0.2, 0.25) is 5.91 Å². The van der Waals surface area contributed by atoms with E-state index >= 15 is 0 Å². The molecule has 1 amide bonds. The molecule has 0 aliphatic heterocycles. The number of ether oxygens (including phenoxy) is 1. The van der Waals surface area contributed by atoms with Gasteiger partial charge < -0.3 is 14.6 Å². The van der Waals surface area contributed by atoms with Crippen molar-refractivity contribution in [3.8, 4) is 28.3 Å². The van der Waals surface area contributed by atoms with E-state index in [0.717, 1.165) is 22.9 Å². The third-order valence-corrected chi connectivity index (χ3v) is 5.26. The van der Waals surface area contributed by atoms with Gasteiger partial charge in [0.1, 0.15) is 18.7 Å². The molecule has 0 radical (unpaired) electrons. The first-order valence-electron chi connectivity index (χ1n) is 10.6. The first-order chi connectivity index (χ1) is 15.9. The molecule has 33 heavy (non-hydrogen) atoms. The number of hydrogen-bond acceptors (Lipinski definition) is 4.